The first-order chi connectivity index (χ1) is 8.29. The van der Waals surface area contributed by atoms with Gasteiger partial charge in [0.2, 0.25) is 15.0 Å². The summed E-state index contributed by atoms with van der Waals surface area (Å²) >= 11 is 3.34. The first kappa shape index (κ1) is 13.8. The van der Waals surface area contributed by atoms with Gasteiger partial charge < -0.3 is 4.90 Å². The number of amides is 1. The third-order valence-corrected chi connectivity index (χ3v) is 5.31. The average molecular weight is 353 g/mol. The molecule has 1 aromatic carbocycles. The Morgan fingerprint density at radius 1 is 1.44 bits per heavy atom. The number of carbonyl (C=O) groups is 1. The number of anilines is 1. The Kier molecular flexibility index (Phi) is 3.71. The van der Waals surface area contributed by atoms with E-state index >= 15 is 0 Å². The minimum absolute atomic E-state index is 0.0578. The van der Waals surface area contributed by atoms with Crippen molar-refractivity contribution in [3.8, 4) is 0 Å². The lowest BCUT2D eigenvalue weighted by molar-refractivity contribution is -0.117. The molecule has 18 heavy (non-hydrogen) atoms. The quantitative estimate of drug-likeness (QED) is 0.768. The van der Waals surface area contributed by atoms with Crippen LogP contribution in [0.4, 0.5) is 5.69 Å². The van der Waals surface area contributed by atoms with E-state index in [0.717, 1.165) is 15.7 Å². The fourth-order valence-electron chi connectivity index (χ4n) is 1.97. The van der Waals surface area contributed by atoms with Crippen LogP contribution in [0, 0.1) is 6.92 Å². The summed E-state index contributed by atoms with van der Waals surface area (Å²) in [6.07, 6.45) is -0.0578. The van der Waals surface area contributed by atoms with Crippen molar-refractivity contribution >= 4 is 47.3 Å². The number of nitrogens with zero attached hydrogens (tertiary/aromatic N) is 1. The summed E-state index contributed by atoms with van der Waals surface area (Å²) in [4.78, 5) is 13.4. The van der Waals surface area contributed by atoms with Crippen molar-refractivity contribution in [1.82, 2.24) is 0 Å². The summed E-state index contributed by atoms with van der Waals surface area (Å²) < 4.78 is 23.4. The number of hydrogen-bond donors (Lipinski definition) is 0. The highest BCUT2D eigenvalue weighted by Gasteiger charge is 2.38. The molecule has 1 heterocycles. The minimum atomic E-state index is -3.70. The van der Waals surface area contributed by atoms with Gasteiger partial charge in [0.05, 0.1) is 0 Å². The van der Waals surface area contributed by atoms with Crippen molar-refractivity contribution < 1.29 is 13.2 Å². The average Bonchev–Trinajstić information content (AvgIpc) is 2.64. The van der Waals surface area contributed by atoms with Gasteiger partial charge in [-0.25, -0.2) is 8.42 Å². The van der Waals surface area contributed by atoms with Crippen LogP contribution in [0.2, 0.25) is 0 Å². The molecule has 1 aliphatic rings. The Balaban J connectivity index is 2.35. The highest BCUT2D eigenvalue weighted by atomic mass is 79.9. The summed E-state index contributed by atoms with van der Waals surface area (Å²) in [6.45, 7) is 1.99. The predicted octanol–water partition coefficient (Wildman–Crippen LogP) is 2.43. The molecule has 0 N–H and O–H groups in total. The highest BCUT2D eigenvalue weighted by molar-refractivity contribution is 9.10. The van der Waals surface area contributed by atoms with Crippen molar-refractivity contribution in [2.45, 2.75) is 18.6 Å². The van der Waals surface area contributed by atoms with Crippen molar-refractivity contribution in [2.24, 2.45) is 0 Å². The first-order valence-corrected chi connectivity index (χ1v) is 8.45. The Bertz CT molecular complexity index is 602. The number of aryl methyl sites for hydroxylation is 1. The van der Waals surface area contributed by atoms with Gasteiger partial charge in [0, 0.05) is 33.8 Å². The molecule has 0 spiro atoms. The van der Waals surface area contributed by atoms with Crippen molar-refractivity contribution in [3.05, 3.63) is 28.2 Å². The molecule has 1 saturated heterocycles. The van der Waals surface area contributed by atoms with Gasteiger partial charge in [-0.2, -0.15) is 0 Å². The van der Waals surface area contributed by atoms with E-state index in [4.69, 9.17) is 10.7 Å². The van der Waals surface area contributed by atoms with Crippen LogP contribution in [-0.2, 0) is 13.8 Å². The summed E-state index contributed by atoms with van der Waals surface area (Å²) in [5, 5.41) is -0.829. The maximum absolute atomic E-state index is 11.9. The number of halogens is 2. The van der Waals surface area contributed by atoms with Gasteiger partial charge >= 0.3 is 0 Å². The van der Waals surface area contributed by atoms with Crippen LogP contribution >= 0.6 is 26.6 Å². The van der Waals surface area contributed by atoms with Crippen molar-refractivity contribution in [2.75, 3.05) is 11.4 Å². The van der Waals surface area contributed by atoms with Crippen LogP contribution in [0.25, 0.3) is 0 Å². The van der Waals surface area contributed by atoms with E-state index < -0.39 is 14.3 Å². The normalized spacial score (nSPS) is 20.5. The maximum Gasteiger partial charge on any atom is 0.237 e. The van der Waals surface area contributed by atoms with Crippen LogP contribution in [0.1, 0.15) is 12.0 Å². The molecule has 0 aromatic heterocycles. The Labute approximate surface area is 118 Å². The van der Waals surface area contributed by atoms with Gasteiger partial charge in [-0.15, -0.1) is 0 Å². The van der Waals surface area contributed by atoms with Gasteiger partial charge in [-0.3, -0.25) is 4.79 Å². The molecule has 1 aliphatic heterocycles. The van der Waals surface area contributed by atoms with E-state index in [0.29, 0.717) is 0 Å². The summed E-state index contributed by atoms with van der Waals surface area (Å²) in [7, 11) is 1.61. The molecule has 1 fully saturated rings. The molecule has 1 unspecified atom stereocenters. The van der Waals surface area contributed by atoms with Crippen LogP contribution in [-0.4, -0.2) is 26.1 Å². The molecule has 7 heteroatoms. The lowest BCUT2D eigenvalue weighted by atomic mass is 10.2. The zero-order valence-corrected chi connectivity index (χ0v) is 12.7. The Morgan fingerprint density at radius 3 is 2.67 bits per heavy atom. The van der Waals surface area contributed by atoms with E-state index in [1.807, 2.05) is 19.1 Å². The zero-order valence-electron chi connectivity index (χ0n) is 9.56. The molecule has 1 amide bonds. The molecule has 0 aliphatic carbocycles. The van der Waals surface area contributed by atoms with Crippen molar-refractivity contribution in [1.29, 1.82) is 0 Å². The fourth-order valence-corrected chi connectivity index (χ4v) is 3.35. The molecule has 0 radical (unpaired) electrons. The van der Waals surface area contributed by atoms with E-state index in [2.05, 4.69) is 15.9 Å². The second-order valence-corrected chi connectivity index (χ2v) is 8.06. The van der Waals surface area contributed by atoms with Crippen LogP contribution in [0.5, 0.6) is 0 Å². The monoisotopic (exact) mass is 351 g/mol. The van der Waals surface area contributed by atoms with Gasteiger partial charge in [-0.05, 0) is 24.6 Å². The summed E-state index contributed by atoms with van der Waals surface area (Å²) in [5.41, 5.74) is 1.64. The van der Waals surface area contributed by atoms with E-state index in [1.165, 1.54) is 4.90 Å². The number of rotatable bonds is 2. The van der Waals surface area contributed by atoms with Crippen LogP contribution < -0.4 is 4.90 Å². The lowest BCUT2D eigenvalue weighted by Crippen LogP contribution is -2.27. The van der Waals surface area contributed by atoms with E-state index in [9.17, 15) is 13.2 Å². The Hall–Kier alpha value is -0.590. The lowest BCUT2D eigenvalue weighted by Gasteiger charge is -2.19. The molecule has 0 bridgehead atoms. The standard InChI is InChI=1S/C11H11BrClNO3S/c1-7-2-3-8(12)4-10(7)14-6-9(5-11(14)15)18(13,16)17/h2-4,9H,5-6H2,1H3. The number of benzene rings is 1. The fraction of sp³-hybridized carbons (Fsp3) is 0.364. The van der Waals surface area contributed by atoms with E-state index in [1.54, 1.807) is 6.07 Å². The third-order valence-electron chi connectivity index (χ3n) is 2.95. The summed E-state index contributed by atoms with van der Waals surface area (Å²) in [6, 6.07) is 5.54. The second kappa shape index (κ2) is 4.83. The van der Waals surface area contributed by atoms with E-state index in [-0.39, 0.29) is 18.9 Å². The van der Waals surface area contributed by atoms with Crippen LogP contribution in [0.15, 0.2) is 22.7 Å². The van der Waals surface area contributed by atoms with Crippen LogP contribution in [0.3, 0.4) is 0 Å². The molecule has 4 nitrogen and oxygen atoms in total. The zero-order chi connectivity index (χ0) is 13.5. The first-order valence-electron chi connectivity index (χ1n) is 5.29. The van der Waals surface area contributed by atoms with Gasteiger partial charge in [-0.1, -0.05) is 22.0 Å². The SMILES string of the molecule is Cc1ccc(Br)cc1N1CC(S(=O)(=O)Cl)CC1=O. The van der Waals surface area contributed by atoms with Gasteiger partial charge in [0.1, 0.15) is 5.25 Å². The molecular weight excluding hydrogens is 342 g/mol. The highest BCUT2D eigenvalue weighted by Crippen LogP contribution is 2.30. The molecular formula is C11H11BrClNO3S. The topological polar surface area (TPSA) is 54.5 Å². The largest absolute Gasteiger partial charge is 0.311 e. The minimum Gasteiger partial charge on any atom is -0.311 e. The Morgan fingerprint density at radius 2 is 2.11 bits per heavy atom. The molecule has 1 atom stereocenters. The van der Waals surface area contributed by atoms with Crippen molar-refractivity contribution in [3.63, 3.8) is 0 Å². The molecule has 1 aromatic rings. The maximum atomic E-state index is 11.9. The summed E-state index contributed by atoms with van der Waals surface area (Å²) in [5.74, 6) is -0.217. The van der Waals surface area contributed by atoms with Gasteiger partial charge in [0.25, 0.3) is 0 Å². The second-order valence-electron chi connectivity index (χ2n) is 4.24. The molecule has 0 saturated carbocycles. The smallest absolute Gasteiger partial charge is 0.237 e. The van der Waals surface area contributed by atoms with Gasteiger partial charge in [0.15, 0.2) is 0 Å². The molecule has 2 rings (SSSR count). The number of hydrogen-bond acceptors (Lipinski definition) is 3. The third kappa shape index (κ3) is 2.70. The number of carbonyl (C=O) groups excluding carboxylic acids is 1. The molecule has 98 valence electrons. The predicted molar refractivity (Wildman–Crippen MR) is 74.4 cm³/mol.